The predicted molar refractivity (Wildman–Crippen MR) is 93.4 cm³/mol. The van der Waals surface area contributed by atoms with Crippen LogP contribution >= 0.6 is 11.8 Å². The maximum absolute atomic E-state index is 12.3. The summed E-state index contributed by atoms with van der Waals surface area (Å²) in [6.45, 7) is 4.19. The van der Waals surface area contributed by atoms with Crippen LogP contribution in [0.3, 0.4) is 0 Å². The summed E-state index contributed by atoms with van der Waals surface area (Å²) in [4.78, 5) is 23.4. The van der Waals surface area contributed by atoms with Gasteiger partial charge in [-0.3, -0.25) is 14.9 Å². The van der Waals surface area contributed by atoms with Crippen molar-refractivity contribution in [3.63, 3.8) is 0 Å². The molecule has 2 aromatic rings. The first kappa shape index (κ1) is 17.0. The van der Waals surface area contributed by atoms with Gasteiger partial charge in [0.2, 0.25) is 0 Å². The van der Waals surface area contributed by atoms with Gasteiger partial charge in [-0.05, 0) is 42.0 Å². The number of carbonyl (C=O) groups excluding carboxylic acids is 1. The third-order valence-corrected chi connectivity index (χ3v) is 4.26. The number of hydrogen-bond donors (Lipinski definition) is 1. The summed E-state index contributed by atoms with van der Waals surface area (Å²) in [7, 11) is 0. The van der Waals surface area contributed by atoms with Crippen molar-refractivity contribution >= 4 is 29.0 Å². The zero-order valence-electron chi connectivity index (χ0n) is 13.2. The average molecular weight is 330 g/mol. The zero-order valence-corrected chi connectivity index (χ0v) is 14.0. The smallest absolute Gasteiger partial charge is 0.283 e. The number of nitrogens with zero attached hydrogens (tertiary/aromatic N) is 1. The number of hydrogen-bond acceptors (Lipinski definition) is 4. The largest absolute Gasteiger partial charge is 0.322 e. The molecule has 23 heavy (non-hydrogen) atoms. The van der Waals surface area contributed by atoms with Crippen LogP contribution in [-0.2, 0) is 0 Å². The second kappa shape index (κ2) is 7.28. The van der Waals surface area contributed by atoms with E-state index in [1.165, 1.54) is 23.4 Å². The van der Waals surface area contributed by atoms with Crippen LogP contribution in [0, 0.1) is 10.1 Å². The highest BCUT2D eigenvalue weighted by molar-refractivity contribution is 7.98. The van der Waals surface area contributed by atoms with E-state index in [4.69, 9.17) is 0 Å². The number of nitro benzene ring substituents is 1. The summed E-state index contributed by atoms with van der Waals surface area (Å²) in [5, 5.41) is 13.8. The molecule has 0 fully saturated rings. The van der Waals surface area contributed by atoms with Crippen LogP contribution in [0.2, 0.25) is 0 Å². The lowest BCUT2D eigenvalue weighted by atomic mass is 10.0. The molecule has 6 heteroatoms. The van der Waals surface area contributed by atoms with Crippen LogP contribution in [0.4, 0.5) is 11.4 Å². The Kier molecular flexibility index (Phi) is 5.39. The Morgan fingerprint density at radius 2 is 1.83 bits per heavy atom. The summed E-state index contributed by atoms with van der Waals surface area (Å²) in [6, 6.07) is 12.1. The zero-order chi connectivity index (χ0) is 17.0. The molecule has 2 aromatic carbocycles. The maximum Gasteiger partial charge on any atom is 0.283 e. The Labute approximate surface area is 139 Å². The summed E-state index contributed by atoms with van der Waals surface area (Å²) in [5.74, 6) is 0.0551. The van der Waals surface area contributed by atoms with E-state index in [1.54, 1.807) is 18.4 Å². The Morgan fingerprint density at radius 3 is 2.35 bits per heavy atom. The molecule has 5 nitrogen and oxygen atoms in total. The number of carbonyl (C=O) groups is 1. The summed E-state index contributed by atoms with van der Waals surface area (Å²) < 4.78 is 0. The van der Waals surface area contributed by atoms with Gasteiger partial charge in [0.05, 0.1) is 9.82 Å². The van der Waals surface area contributed by atoms with Gasteiger partial charge >= 0.3 is 0 Å². The van der Waals surface area contributed by atoms with Gasteiger partial charge in [0, 0.05) is 17.3 Å². The first-order valence-corrected chi connectivity index (χ1v) is 8.38. The Morgan fingerprint density at radius 1 is 1.17 bits per heavy atom. The highest BCUT2D eigenvalue weighted by Crippen LogP contribution is 2.28. The molecule has 120 valence electrons. The van der Waals surface area contributed by atoms with E-state index in [0.29, 0.717) is 16.5 Å². The number of anilines is 1. The lowest BCUT2D eigenvalue weighted by molar-refractivity contribution is -0.387. The molecule has 0 aromatic heterocycles. The molecule has 0 heterocycles. The maximum atomic E-state index is 12.3. The molecule has 0 radical (unpaired) electrons. The molecule has 0 bridgehead atoms. The molecular weight excluding hydrogens is 312 g/mol. The quantitative estimate of drug-likeness (QED) is 0.490. The Balaban J connectivity index is 2.20. The molecular formula is C17H18N2O3S. The lowest BCUT2D eigenvalue weighted by Gasteiger charge is -2.09. The van der Waals surface area contributed by atoms with E-state index in [-0.39, 0.29) is 17.2 Å². The van der Waals surface area contributed by atoms with Crippen molar-refractivity contribution in [1.29, 1.82) is 0 Å². The molecule has 0 saturated heterocycles. The number of nitrogens with one attached hydrogen (secondary N) is 1. The van der Waals surface area contributed by atoms with E-state index >= 15 is 0 Å². The van der Waals surface area contributed by atoms with Gasteiger partial charge in [0.1, 0.15) is 0 Å². The van der Waals surface area contributed by atoms with Crippen molar-refractivity contribution in [2.24, 2.45) is 0 Å². The third kappa shape index (κ3) is 4.10. The molecule has 0 unspecified atom stereocenters. The number of rotatable bonds is 5. The van der Waals surface area contributed by atoms with E-state index in [0.717, 1.165) is 0 Å². The fourth-order valence-electron chi connectivity index (χ4n) is 2.13. The first-order chi connectivity index (χ1) is 10.9. The van der Waals surface area contributed by atoms with E-state index in [1.807, 2.05) is 24.3 Å². The molecule has 0 aliphatic carbocycles. The van der Waals surface area contributed by atoms with Crippen molar-refractivity contribution in [2.45, 2.75) is 24.7 Å². The molecule has 1 amide bonds. The summed E-state index contributed by atoms with van der Waals surface area (Å²) >= 11 is 1.28. The normalized spacial score (nSPS) is 10.6. The molecule has 0 saturated carbocycles. The van der Waals surface area contributed by atoms with Crippen LogP contribution in [0.15, 0.2) is 47.4 Å². The SMILES string of the molecule is CSc1ccc(C(=O)Nc2ccc(C(C)C)cc2)cc1[N+](=O)[O-]. The van der Waals surface area contributed by atoms with Gasteiger partial charge in [-0.15, -0.1) is 11.8 Å². The van der Waals surface area contributed by atoms with Crippen LogP contribution in [0.1, 0.15) is 35.7 Å². The lowest BCUT2D eigenvalue weighted by Crippen LogP contribution is -2.12. The van der Waals surface area contributed by atoms with Crippen LogP contribution in [0.25, 0.3) is 0 Å². The van der Waals surface area contributed by atoms with Crippen LogP contribution in [-0.4, -0.2) is 17.1 Å². The van der Waals surface area contributed by atoms with E-state index in [9.17, 15) is 14.9 Å². The summed E-state index contributed by atoms with van der Waals surface area (Å²) in [6.07, 6.45) is 1.76. The second-order valence-corrected chi connectivity index (χ2v) is 6.22. The van der Waals surface area contributed by atoms with Gasteiger partial charge in [0.15, 0.2) is 0 Å². The van der Waals surface area contributed by atoms with Crippen LogP contribution in [0.5, 0.6) is 0 Å². The third-order valence-electron chi connectivity index (χ3n) is 3.47. The van der Waals surface area contributed by atoms with Crippen LogP contribution < -0.4 is 5.32 Å². The Hall–Kier alpha value is -2.34. The predicted octanol–water partition coefficient (Wildman–Crippen LogP) is 4.69. The van der Waals surface area contributed by atoms with Crippen molar-refractivity contribution in [3.8, 4) is 0 Å². The van der Waals surface area contributed by atoms with Gasteiger partial charge in [-0.25, -0.2) is 0 Å². The minimum absolute atomic E-state index is 0.0553. The van der Waals surface area contributed by atoms with Gasteiger partial charge in [-0.1, -0.05) is 26.0 Å². The molecule has 0 atom stereocenters. The molecule has 1 N–H and O–H groups in total. The summed E-state index contributed by atoms with van der Waals surface area (Å²) in [5.41, 5.74) is 2.06. The minimum Gasteiger partial charge on any atom is -0.322 e. The first-order valence-electron chi connectivity index (χ1n) is 7.16. The molecule has 2 rings (SSSR count). The highest BCUT2D eigenvalue weighted by Gasteiger charge is 2.17. The topological polar surface area (TPSA) is 72.2 Å². The van der Waals surface area contributed by atoms with Crippen molar-refractivity contribution in [1.82, 2.24) is 0 Å². The van der Waals surface area contributed by atoms with Gasteiger partial charge < -0.3 is 5.32 Å². The Bertz CT molecular complexity index is 727. The van der Waals surface area contributed by atoms with E-state index < -0.39 is 4.92 Å². The highest BCUT2D eigenvalue weighted by atomic mass is 32.2. The number of thioether (sulfide) groups is 1. The number of amides is 1. The molecule has 0 aliphatic rings. The van der Waals surface area contributed by atoms with Gasteiger partial charge in [-0.2, -0.15) is 0 Å². The molecule has 0 aliphatic heterocycles. The fourth-order valence-corrected chi connectivity index (χ4v) is 2.68. The second-order valence-electron chi connectivity index (χ2n) is 5.37. The monoisotopic (exact) mass is 330 g/mol. The van der Waals surface area contributed by atoms with Gasteiger partial charge in [0.25, 0.3) is 11.6 Å². The van der Waals surface area contributed by atoms with Crippen molar-refractivity contribution in [3.05, 3.63) is 63.7 Å². The number of benzene rings is 2. The number of nitro groups is 1. The van der Waals surface area contributed by atoms with Crippen molar-refractivity contribution in [2.75, 3.05) is 11.6 Å². The fraction of sp³-hybridized carbons (Fsp3) is 0.235. The van der Waals surface area contributed by atoms with E-state index in [2.05, 4.69) is 19.2 Å². The average Bonchev–Trinajstić information content (AvgIpc) is 2.54. The molecule has 0 spiro atoms. The minimum atomic E-state index is -0.472. The standard InChI is InChI=1S/C17H18N2O3S/c1-11(2)12-4-7-14(8-5-12)18-17(20)13-6-9-16(23-3)15(10-13)19(21)22/h4-11H,1-3H3,(H,18,20). The van der Waals surface area contributed by atoms with Crippen molar-refractivity contribution < 1.29 is 9.72 Å².